The van der Waals surface area contributed by atoms with E-state index >= 15 is 0 Å². The molecular weight excluding hydrogens is 507 g/mol. The third-order valence-electron chi connectivity index (χ3n) is 5.25. The van der Waals surface area contributed by atoms with Crippen LogP contribution in [0.2, 0.25) is 0 Å². The SMILES string of the molecule is CC.CC.CC.[CH3-].[S-]C1c2ccccc2Cc2ccc(Cc3ccc4ccccc4n3)cc21.[Y]. The fourth-order valence-electron chi connectivity index (χ4n) is 3.90. The average Bonchev–Trinajstić information content (AvgIpc) is 2.88. The Balaban J connectivity index is 0.00000127. The van der Waals surface area contributed by atoms with Crippen LogP contribution in [-0.2, 0) is 58.2 Å². The first-order valence-electron chi connectivity index (χ1n) is 12.0. The second-order valence-corrected chi connectivity index (χ2v) is 7.43. The van der Waals surface area contributed by atoms with Crippen LogP contribution in [0, 0.1) is 7.43 Å². The summed E-state index contributed by atoms with van der Waals surface area (Å²) in [5, 5.41) is 1.23. The fourth-order valence-corrected chi connectivity index (χ4v) is 4.35. The number of fused-ring (bicyclic) bond motifs is 3. The fraction of sp³-hybridized carbons (Fsp3) is 0.290. The molecule has 1 heterocycles. The molecule has 0 aliphatic heterocycles. The summed E-state index contributed by atoms with van der Waals surface area (Å²) in [4.78, 5) is 4.81. The van der Waals surface area contributed by atoms with Crippen LogP contribution < -0.4 is 0 Å². The van der Waals surface area contributed by atoms with Crippen molar-refractivity contribution in [1.29, 1.82) is 0 Å². The van der Waals surface area contributed by atoms with Crippen molar-refractivity contribution in [2.45, 2.75) is 59.6 Å². The van der Waals surface area contributed by atoms with Crippen LogP contribution in [0.25, 0.3) is 10.9 Å². The molecule has 34 heavy (non-hydrogen) atoms. The molecule has 1 atom stereocenters. The smallest absolute Gasteiger partial charge is 0.0705 e. The Bertz CT molecular complexity index is 1120. The predicted molar refractivity (Wildman–Crippen MR) is 150 cm³/mol. The number of hydrogen-bond acceptors (Lipinski definition) is 2. The molecule has 4 aromatic rings. The molecule has 0 bridgehead atoms. The second kappa shape index (κ2) is 17.0. The summed E-state index contributed by atoms with van der Waals surface area (Å²) in [5.74, 6) is 0. The van der Waals surface area contributed by atoms with Crippen LogP contribution >= 0.6 is 0 Å². The summed E-state index contributed by atoms with van der Waals surface area (Å²) < 4.78 is 0. The van der Waals surface area contributed by atoms with Gasteiger partial charge in [-0.15, -0.1) is 5.25 Å². The maximum absolute atomic E-state index is 5.87. The van der Waals surface area contributed by atoms with Crippen LogP contribution in [-0.4, -0.2) is 4.98 Å². The van der Waals surface area contributed by atoms with E-state index in [1.807, 2.05) is 47.6 Å². The third-order valence-corrected chi connectivity index (χ3v) is 5.76. The van der Waals surface area contributed by atoms with Crippen LogP contribution in [0.15, 0.2) is 78.9 Å². The molecule has 1 nitrogen and oxygen atoms in total. The maximum Gasteiger partial charge on any atom is 0.0705 e. The van der Waals surface area contributed by atoms with Crippen molar-refractivity contribution in [3.05, 3.63) is 120 Å². The second-order valence-electron chi connectivity index (χ2n) is 6.96. The molecule has 0 saturated heterocycles. The van der Waals surface area contributed by atoms with E-state index in [9.17, 15) is 0 Å². The molecular formula is C31H39NSY-2. The van der Waals surface area contributed by atoms with Gasteiger partial charge in [0.05, 0.1) is 5.52 Å². The number of aromatic nitrogens is 1. The number of pyridine rings is 1. The first-order chi connectivity index (χ1) is 15.8. The third kappa shape index (κ3) is 7.77. The minimum Gasteiger partial charge on any atom is -0.780 e. The van der Waals surface area contributed by atoms with E-state index in [4.69, 9.17) is 17.6 Å². The zero-order chi connectivity index (χ0) is 23.5. The normalized spacial score (nSPS) is 12.4. The minimum absolute atomic E-state index is 0. The van der Waals surface area contributed by atoms with Crippen molar-refractivity contribution in [1.82, 2.24) is 4.98 Å². The number of para-hydroxylation sites is 1. The van der Waals surface area contributed by atoms with Gasteiger partial charge < -0.3 is 20.1 Å². The van der Waals surface area contributed by atoms with Gasteiger partial charge in [-0.1, -0.05) is 119 Å². The zero-order valence-corrected chi connectivity index (χ0v) is 25.6. The summed E-state index contributed by atoms with van der Waals surface area (Å²) in [6.45, 7) is 12.0. The zero-order valence-electron chi connectivity index (χ0n) is 21.9. The first-order valence-corrected chi connectivity index (χ1v) is 12.4. The van der Waals surface area contributed by atoms with E-state index in [1.54, 1.807) is 0 Å². The van der Waals surface area contributed by atoms with E-state index in [0.717, 1.165) is 24.1 Å². The van der Waals surface area contributed by atoms with Crippen LogP contribution in [0.1, 0.15) is 80.3 Å². The summed E-state index contributed by atoms with van der Waals surface area (Å²) in [6, 6.07) is 27.9. The first kappa shape index (κ1) is 32.5. The largest absolute Gasteiger partial charge is 0.780 e. The molecule has 3 aromatic carbocycles. The predicted octanol–water partition coefficient (Wildman–Crippen LogP) is 8.89. The van der Waals surface area contributed by atoms with Gasteiger partial charge in [-0.3, -0.25) is 4.98 Å². The molecule has 0 saturated carbocycles. The van der Waals surface area contributed by atoms with Crippen molar-refractivity contribution >= 4 is 23.5 Å². The van der Waals surface area contributed by atoms with Crippen molar-refractivity contribution in [2.75, 3.05) is 0 Å². The Morgan fingerprint density at radius 3 is 2.09 bits per heavy atom. The van der Waals surface area contributed by atoms with Gasteiger partial charge >= 0.3 is 0 Å². The van der Waals surface area contributed by atoms with Gasteiger partial charge in [0, 0.05) is 50.2 Å². The monoisotopic (exact) mass is 546 g/mol. The molecule has 1 aliphatic carbocycles. The molecule has 0 spiro atoms. The van der Waals surface area contributed by atoms with E-state index in [0.29, 0.717) is 0 Å². The summed E-state index contributed by atoms with van der Waals surface area (Å²) in [6.07, 6.45) is 1.81. The number of rotatable bonds is 2. The Morgan fingerprint density at radius 2 is 1.35 bits per heavy atom. The minimum atomic E-state index is 0. The van der Waals surface area contributed by atoms with Crippen molar-refractivity contribution in [2.24, 2.45) is 0 Å². The van der Waals surface area contributed by atoms with Crippen molar-refractivity contribution in [3.63, 3.8) is 0 Å². The summed E-state index contributed by atoms with van der Waals surface area (Å²) in [7, 11) is 0. The Kier molecular flexibility index (Phi) is 16.3. The quantitative estimate of drug-likeness (QED) is 0.184. The topological polar surface area (TPSA) is 12.9 Å². The van der Waals surface area contributed by atoms with Crippen LogP contribution in [0.5, 0.6) is 0 Å². The van der Waals surface area contributed by atoms with E-state index in [-0.39, 0.29) is 45.4 Å². The summed E-state index contributed by atoms with van der Waals surface area (Å²) >= 11 is 5.87. The molecule has 5 rings (SSSR count). The number of hydrogen-bond donors (Lipinski definition) is 0. The van der Waals surface area contributed by atoms with Gasteiger partial charge in [-0.2, -0.15) is 0 Å². The molecule has 0 fully saturated rings. The number of nitrogens with zero attached hydrogens (tertiary/aromatic N) is 1. The Morgan fingerprint density at radius 1 is 0.735 bits per heavy atom. The molecule has 1 radical (unpaired) electrons. The molecule has 0 amide bonds. The molecule has 1 aromatic heterocycles. The molecule has 3 heteroatoms. The van der Waals surface area contributed by atoms with Gasteiger partial charge in [0.15, 0.2) is 0 Å². The van der Waals surface area contributed by atoms with E-state index in [1.165, 1.54) is 33.2 Å². The van der Waals surface area contributed by atoms with Gasteiger partial charge in [0.2, 0.25) is 0 Å². The van der Waals surface area contributed by atoms with Crippen LogP contribution in [0.4, 0.5) is 0 Å². The Hall–Kier alpha value is -1.48. The maximum atomic E-state index is 5.87. The molecule has 1 aliphatic rings. The molecule has 179 valence electrons. The summed E-state index contributed by atoms with van der Waals surface area (Å²) in [5.41, 5.74) is 8.73. The molecule has 0 N–H and O–H groups in total. The van der Waals surface area contributed by atoms with Gasteiger partial charge in [-0.25, -0.2) is 0 Å². The van der Waals surface area contributed by atoms with Gasteiger partial charge in [0.1, 0.15) is 0 Å². The van der Waals surface area contributed by atoms with Crippen molar-refractivity contribution in [3.8, 4) is 0 Å². The van der Waals surface area contributed by atoms with Gasteiger partial charge in [0.25, 0.3) is 0 Å². The van der Waals surface area contributed by atoms with Crippen molar-refractivity contribution < 1.29 is 32.7 Å². The number of benzene rings is 3. The standard InChI is InChI=1S/C24H19NS.3C2H6.CH3.Y/c26-24-21-7-3-1-6-18(21)15-19-10-9-16(14-22(19)24)13-20-12-11-17-5-2-4-8-23(17)25-20;3*1-2;;/h1-12,14,24,26H,13,15H2;3*1-2H3;1H3;/q;;;;-1;/p-1. The van der Waals surface area contributed by atoms with Crippen LogP contribution in [0.3, 0.4) is 0 Å². The Labute approximate surface area is 239 Å². The van der Waals surface area contributed by atoms with E-state index in [2.05, 4.69) is 72.8 Å². The van der Waals surface area contributed by atoms with E-state index < -0.39 is 0 Å². The average molecular weight is 547 g/mol. The van der Waals surface area contributed by atoms with Gasteiger partial charge in [-0.05, 0) is 35.2 Å². The molecule has 1 unspecified atom stereocenters.